The van der Waals surface area contributed by atoms with Gasteiger partial charge in [-0.3, -0.25) is 0 Å². The van der Waals surface area contributed by atoms with Gasteiger partial charge in [0, 0.05) is 12.5 Å². The van der Waals surface area contributed by atoms with E-state index in [4.69, 9.17) is 22.4 Å². The van der Waals surface area contributed by atoms with Gasteiger partial charge in [-0.2, -0.15) is 0 Å². The van der Waals surface area contributed by atoms with Gasteiger partial charge in [-0.05, 0) is 24.6 Å². The van der Waals surface area contributed by atoms with E-state index in [1.165, 1.54) is 6.07 Å². The quantitative estimate of drug-likeness (QED) is 0.809. The molecular formula is C10H13ClFNO. The van der Waals surface area contributed by atoms with Crippen LogP contribution in [0.25, 0.3) is 0 Å². The minimum absolute atomic E-state index is 0.00613. The summed E-state index contributed by atoms with van der Waals surface area (Å²) in [5, 5.41) is 8.87. The highest BCUT2D eigenvalue weighted by Gasteiger charge is 2.15. The number of aliphatic hydroxyl groups excluding tert-OH is 1. The molecule has 78 valence electrons. The largest absolute Gasteiger partial charge is 0.396 e. The van der Waals surface area contributed by atoms with Crippen molar-refractivity contribution in [3.05, 3.63) is 34.6 Å². The van der Waals surface area contributed by atoms with Crippen LogP contribution >= 0.6 is 11.6 Å². The molecule has 0 aromatic heterocycles. The first-order valence-electron chi connectivity index (χ1n) is 4.45. The molecule has 0 heterocycles. The Bertz CT molecular complexity index is 306. The predicted molar refractivity (Wildman–Crippen MR) is 54.9 cm³/mol. The maximum Gasteiger partial charge on any atom is 0.145 e. The Balaban J connectivity index is 2.97. The molecule has 0 bridgehead atoms. The van der Waals surface area contributed by atoms with Gasteiger partial charge in [-0.25, -0.2) is 4.39 Å². The van der Waals surface area contributed by atoms with Crippen molar-refractivity contribution in [2.75, 3.05) is 13.2 Å². The van der Waals surface area contributed by atoms with Crippen molar-refractivity contribution in [1.29, 1.82) is 0 Å². The van der Waals surface area contributed by atoms with Crippen LogP contribution in [0.4, 0.5) is 4.39 Å². The Kier molecular flexibility index (Phi) is 4.32. The highest BCUT2D eigenvalue weighted by Crippen LogP contribution is 2.25. The fourth-order valence-corrected chi connectivity index (χ4v) is 1.57. The van der Waals surface area contributed by atoms with E-state index in [9.17, 15) is 4.39 Å². The third kappa shape index (κ3) is 2.44. The first kappa shape index (κ1) is 11.4. The van der Waals surface area contributed by atoms with Gasteiger partial charge in [0.2, 0.25) is 0 Å². The Morgan fingerprint density at radius 3 is 2.79 bits per heavy atom. The van der Waals surface area contributed by atoms with E-state index in [1.807, 2.05) is 0 Å². The SMILES string of the molecule is NCC(CCO)c1cccc(Cl)c1F. The second-order valence-corrected chi connectivity index (χ2v) is 3.50. The molecule has 2 nitrogen and oxygen atoms in total. The van der Waals surface area contributed by atoms with Crippen molar-refractivity contribution in [2.24, 2.45) is 5.73 Å². The first-order valence-corrected chi connectivity index (χ1v) is 4.83. The van der Waals surface area contributed by atoms with Crippen LogP contribution in [0.1, 0.15) is 17.9 Å². The summed E-state index contributed by atoms with van der Waals surface area (Å²) >= 11 is 5.64. The molecule has 4 heteroatoms. The van der Waals surface area contributed by atoms with Crippen LogP contribution < -0.4 is 5.73 Å². The average Bonchev–Trinajstić information content (AvgIpc) is 2.19. The maximum atomic E-state index is 13.5. The van der Waals surface area contributed by atoms with Gasteiger partial charge in [0.15, 0.2) is 0 Å². The van der Waals surface area contributed by atoms with Gasteiger partial charge in [-0.1, -0.05) is 23.7 Å². The lowest BCUT2D eigenvalue weighted by Crippen LogP contribution is -2.15. The van der Waals surface area contributed by atoms with Crippen molar-refractivity contribution in [1.82, 2.24) is 0 Å². The second kappa shape index (κ2) is 5.29. The van der Waals surface area contributed by atoms with Gasteiger partial charge < -0.3 is 10.8 Å². The van der Waals surface area contributed by atoms with Crippen LogP contribution in [0.2, 0.25) is 5.02 Å². The van der Waals surface area contributed by atoms with Crippen molar-refractivity contribution in [3.63, 3.8) is 0 Å². The van der Waals surface area contributed by atoms with Gasteiger partial charge >= 0.3 is 0 Å². The van der Waals surface area contributed by atoms with Crippen LogP contribution in [0.15, 0.2) is 18.2 Å². The molecule has 0 spiro atoms. The fraction of sp³-hybridized carbons (Fsp3) is 0.400. The third-order valence-electron chi connectivity index (χ3n) is 2.18. The molecule has 1 unspecified atom stereocenters. The second-order valence-electron chi connectivity index (χ2n) is 3.09. The number of hydrogen-bond acceptors (Lipinski definition) is 2. The van der Waals surface area contributed by atoms with Crippen LogP contribution in [0.5, 0.6) is 0 Å². The van der Waals surface area contributed by atoms with Gasteiger partial charge in [0.1, 0.15) is 5.82 Å². The summed E-state index contributed by atoms with van der Waals surface area (Å²) in [7, 11) is 0. The lowest BCUT2D eigenvalue weighted by atomic mass is 9.96. The fourth-order valence-electron chi connectivity index (χ4n) is 1.39. The zero-order chi connectivity index (χ0) is 10.6. The minimum Gasteiger partial charge on any atom is -0.396 e. The molecule has 0 aliphatic heterocycles. The van der Waals surface area contributed by atoms with Crippen molar-refractivity contribution >= 4 is 11.6 Å². The zero-order valence-electron chi connectivity index (χ0n) is 7.71. The molecule has 1 aromatic rings. The van der Waals surface area contributed by atoms with Crippen LogP contribution in [-0.2, 0) is 0 Å². The Morgan fingerprint density at radius 1 is 1.50 bits per heavy atom. The van der Waals surface area contributed by atoms with E-state index in [0.29, 0.717) is 18.5 Å². The minimum atomic E-state index is -0.432. The smallest absolute Gasteiger partial charge is 0.145 e. The van der Waals surface area contributed by atoms with Gasteiger partial charge in [-0.15, -0.1) is 0 Å². The van der Waals surface area contributed by atoms with E-state index in [2.05, 4.69) is 0 Å². The molecule has 0 fully saturated rings. The molecule has 0 saturated carbocycles. The number of rotatable bonds is 4. The average molecular weight is 218 g/mol. The summed E-state index contributed by atoms with van der Waals surface area (Å²) in [5.74, 6) is -0.600. The number of aliphatic hydroxyl groups is 1. The molecule has 0 aliphatic carbocycles. The Labute approximate surface area is 87.5 Å². The number of hydrogen-bond donors (Lipinski definition) is 2. The van der Waals surface area contributed by atoms with Crippen molar-refractivity contribution in [3.8, 4) is 0 Å². The third-order valence-corrected chi connectivity index (χ3v) is 2.48. The Hall–Kier alpha value is -0.640. The lowest BCUT2D eigenvalue weighted by Gasteiger charge is -2.14. The molecule has 0 amide bonds. The summed E-state index contributed by atoms with van der Waals surface area (Å²) in [5.41, 5.74) is 5.97. The summed E-state index contributed by atoms with van der Waals surface area (Å²) in [6.07, 6.45) is 0.452. The Morgan fingerprint density at radius 2 is 2.21 bits per heavy atom. The van der Waals surface area contributed by atoms with E-state index in [1.54, 1.807) is 12.1 Å². The lowest BCUT2D eigenvalue weighted by molar-refractivity contribution is 0.275. The van der Waals surface area contributed by atoms with E-state index < -0.39 is 5.82 Å². The maximum absolute atomic E-state index is 13.5. The van der Waals surface area contributed by atoms with E-state index in [0.717, 1.165) is 0 Å². The van der Waals surface area contributed by atoms with Crippen LogP contribution in [-0.4, -0.2) is 18.3 Å². The topological polar surface area (TPSA) is 46.2 Å². The van der Waals surface area contributed by atoms with Crippen molar-refractivity contribution < 1.29 is 9.50 Å². The molecule has 14 heavy (non-hydrogen) atoms. The molecular weight excluding hydrogens is 205 g/mol. The number of nitrogens with two attached hydrogens (primary N) is 1. The van der Waals surface area contributed by atoms with E-state index in [-0.39, 0.29) is 17.5 Å². The van der Waals surface area contributed by atoms with Crippen molar-refractivity contribution in [2.45, 2.75) is 12.3 Å². The van der Waals surface area contributed by atoms with Crippen LogP contribution in [0.3, 0.4) is 0 Å². The molecule has 1 rings (SSSR count). The summed E-state index contributed by atoms with van der Waals surface area (Å²) in [6.45, 7) is 0.297. The summed E-state index contributed by atoms with van der Waals surface area (Å²) < 4.78 is 13.5. The summed E-state index contributed by atoms with van der Waals surface area (Å²) in [4.78, 5) is 0. The molecule has 1 aromatic carbocycles. The summed E-state index contributed by atoms with van der Waals surface area (Å²) in [6, 6.07) is 4.82. The van der Waals surface area contributed by atoms with Gasteiger partial charge in [0.25, 0.3) is 0 Å². The normalized spacial score (nSPS) is 12.9. The molecule has 3 N–H and O–H groups in total. The monoisotopic (exact) mass is 217 g/mol. The molecule has 0 radical (unpaired) electrons. The zero-order valence-corrected chi connectivity index (χ0v) is 8.47. The molecule has 0 saturated heterocycles. The number of benzene rings is 1. The van der Waals surface area contributed by atoms with Crippen LogP contribution in [0, 0.1) is 5.82 Å². The molecule has 1 atom stereocenters. The highest BCUT2D eigenvalue weighted by molar-refractivity contribution is 6.30. The van der Waals surface area contributed by atoms with E-state index >= 15 is 0 Å². The van der Waals surface area contributed by atoms with Gasteiger partial charge in [0.05, 0.1) is 5.02 Å². The first-order chi connectivity index (χ1) is 6.70. The molecule has 0 aliphatic rings. The standard InChI is InChI=1S/C10H13ClFNO/c11-9-3-1-2-8(10(9)12)7(6-13)4-5-14/h1-3,7,14H,4-6,13H2. The predicted octanol–water partition coefficient (Wildman–Crippen LogP) is 1.90. The number of halogens is 2. The highest BCUT2D eigenvalue weighted by atomic mass is 35.5.